The highest BCUT2D eigenvalue weighted by atomic mass is 14.2. The summed E-state index contributed by atoms with van der Waals surface area (Å²) in [6, 6.07) is 16.1. The Kier molecular flexibility index (Phi) is 13.2. The molecule has 0 saturated heterocycles. The van der Waals surface area contributed by atoms with E-state index in [9.17, 15) is 0 Å². The molecule has 0 N–H and O–H groups in total. The summed E-state index contributed by atoms with van der Waals surface area (Å²) in [5.41, 5.74) is 16.4. The third-order valence-electron chi connectivity index (χ3n) is 8.40. The molecule has 0 nitrogen and oxygen atoms in total. The normalized spacial score (nSPS) is 11.8. The fourth-order valence-electron chi connectivity index (χ4n) is 5.47. The van der Waals surface area contributed by atoms with Gasteiger partial charge in [-0.05, 0) is 126 Å². The Labute approximate surface area is 256 Å². The van der Waals surface area contributed by atoms with Gasteiger partial charge in [0.1, 0.15) is 0 Å². The monoisotopic (exact) mass is 557 g/mol. The first-order chi connectivity index (χ1) is 18.6. The third-order valence-corrected chi connectivity index (χ3v) is 8.40. The van der Waals surface area contributed by atoms with Crippen LogP contribution < -0.4 is 0 Å². The van der Waals surface area contributed by atoms with E-state index in [1.165, 1.54) is 61.2 Å². The van der Waals surface area contributed by atoms with Gasteiger partial charge in [0, 0.05) is 0 Å². The van der Waals surface area contributed by atoms with E-state index >= 15 is 0 Å². The van der Waals surface area contributed by atoms with Crippen molar-refractivity contribution in [3.63, 3.8) is 0 Å². The molecule has 0 heteroatoms. The van der Waals surface area contributed by atoms with E-state index in [4.69, 9.17) is 0 Å². The topological polar surface area (TPSA) is 0 Å². The van der Waals surface area contributed by atoms with E-state index in [1.54, 1.807) is 0 Å². The van der Waals surface area contributed by atoms with Gasteiger partial charge < -0.3 is 0 Å². The van der Waals surface area contributed by atoms with Gasteiger partial charge in [-0.2, -0.15) is 0 Å². The Morgan fingerprint density at radius 3 is 1.24 bits per heavy atom. The van der Waals surface area contributed by atoms with Crippen LogP contribution in [-0.4, -0.2) is 0 Å². The molecular formula is C41H64. The Bertz CT molecular complexity index is 1210. The highest BCUT2D eigenvalue weighted by Gasteiger charge is 2.20. The van der Waals surface area contributed by atoms with Crippen LogP contribution >= 0.6 is 0 Å². The molecular weight excluding hydrogens is 492 g/mol. The first kappa shape index (κ1) is 36.7. The number of hydrogen-bond acceptors (Lipinski definition) is 0. The Morgan fingerprint density at radius 2 is 0.902 bits per heavy atom. The summed E-state index contributed by atoms with van der Waals surface area (Å²) in [7, 11) is 0. The van der Waals surface area contributed by atoms with Gasteiger partial charge >= 0.3 is 0 Å². The molecule has 0 radical (unpaired) electrons. The molecule has 228 valence electrons. The summed E-state index contributed by atoms with van der Waals surface area (Å²) in [6.45, 7) is 40.5. The standard InChI is InChI=1S/C16H26.C15H24.C10H14/c1-10(2)14-8-15(11(3)4)13(7)16(9-14)12(5)6;1-11-8-9-12(14(2,3)4)10-13(11)15(5,6)7;1-7-5-8(2)10(4)9(3)6-7/h8-12H,1-7H3;8-10H,1-7H3;5-6H,1-4H3. The van der Waals surface area contributed by atoms with Crippen LogP contribution in [0.25, 0.3) is 0 Å². The van der Waals surface area contributed by atoms with Crippen molar-refractivity contribution in [3.8, 4) is 0 Å². The summed E-state index contributed by atoms with van der Waals surface area (Å²) in [5.74, 6) is 1.86. The van der Waals surface area contributed by atoms with Crippen LogP contribution in [0.3, 0.4) is 0 Å². The summed E-state index contributed by atoms with van der Waals surface area (Å²) in [4.78, 5) is 0. The molecule has 0 aliphatic heterocycles. The van der Waals surface area contributed by atoms with Gasteiger partial charge in [0.15, 0.2) is 0 Å². The van der Waals surface area contributed by atoms with Crippen LogP contribution in [0.4, 0.5) is 0 Å². The highest BCUT2D eigenvalue weighted by molar-refractivity contribution is 5.43. The fraction of sp³-hybridized carbons (Fsp3) is 0.561. The summed E-state index contributed by atoms with van der Waals surface area (Å²) < 4.78 is 0. The van der Waals surface area contributed by atoms with Crippen LogP contribution in [0.2, 0.25) is 0 Å². The van der Waals surface area contributed by atoms with Gasteiger partial charge in [0.25, 0.3) is 0 Å². The Balaban J connectivity index is 0.000000316. The molecule has 0 heterocycles. The van der Waals surface area contributed by atoms with Crippen LogP contribution in [0.1, 0.15) is 162 Å². The van der Waals surface area contributed by atoms with Crippen molar-refractivity contribution in [2.45, 2.75) is 153 Å². The zero-order valence-electron chi connectivity index (χ0n) is 30.3. The minimum Gasteiger partial charge on any atom is -0.0587 e. The van der Waals surface area contributed by atoms with E-state index < -0.39 is 0 Å². The quantitative estimate of drug-likeness (QED) is 0.301. The maximum atomic E-state index is 2.40. The smallest absolute Gasteiger partial charge is 0.0129 e. The molecule has 3 aromatic carbocycles. The first-order valence-corrected chi connectivity index (χ1v) is 15.9. The van der Waals surface area contributed by atoms with E-state index in [0.717, 1.165) is 0 Å². The summed E-state index contributed by atoms with van der Waals surface area (Å²) in [5, 5.41) is 0. The second kappa shape index (κ2) is 14.7. The second-order valence-electron chi connectivity index (χ2n) is 15.3. The van der Waals surface area contributed by atoms with Crippen molar-refractivity contribution in [2.24, 2.45) is 0 Å². The average Bonchev–Trinajstić information content (AvgIpc) is 2.81. The number of hydrogen-bond donors (Lipinski definition) is 0. The molecule has 0 spiro atoms. The Morgan fingerprint density at radius 1 is 0.463 bits per heavy atom. The van der Waals surface area contributed by atoms with Gasteiger partial charge in [0.05, 0.1) is 0 Å². The minimum atomic E-state index is 0.241. The lowest BCUT2D eigenvalue weighted by Crippen LogP contribution is -2.17. The average molecular weight is 557 g/mol. The van der Waals surface area contributed by atoms with Crippen molar-refractivity contribution in [1.82, 2.24) is 0 Å². The van der Waals surface area contributed by atoms with Gasteiger partial charge in [0.2, 0.25) is 0 Å². The van der Waals surface area contributed by atoms with Crippen LogP contribution in [0.15, 0.2) is 42.5 Å². The predicted molar refractivity (Wildman–Crippen MR) is 187 cm³/mol. The van der Waals surface area contributed by atoms with Crippen molar-refractivity contribution in [1.29, 1.82) is 0 Å². The lowest BCUT2D eigenvalue weighted by atomic mass is 9.79. The molecule has 0 bridgehead atoms. The van der Waals surface area contributed by atoms with Crippen LogP contribution in [0, 0.1) is 41.5 Å². The third kappa shape index (κ3) is 10.8. The maximum Gasteiger partial charge on any atom is -0.0129 e. The minimum absolute atomic E-state index is 0.241. The predicted octanol–water partition coefficient (Wildman–Crippen LogP) is 12.9. The van der Waals surface area contributed by atoms with Crippen molar-refractivity contribution in [2.75, 3.05) is 0 Å². The van der Waals surface area contributed by atoms with Gasteiger partial charge in [-0.1, -0.05) is 131 Å². The molecule has 0 amide bonds. The zero-order valence-corrected chi connectivity index (χ0v) is 30.3. The molecule has 0 unspecified atom stereocenters. The highest BCUT2D eigenvalue weighted by Crippen LogP contribution is 2.32. The zero-order chi connectivity index (χ0) is 32.0. The van der Waals surface area contributed by atoms with E-state index in [2.05, 4.69) is 167 Å². The summed E-state index contributed by atoms with van der Waals surface area (Å²) in [6.07, 6.45) is 0. The number of aryl methyl sites for hydroxylation is 4. The van der Waals surface area contributed by atoms with Crippen LogP contribution in [0.5, 0.6) is 0 Å². The lowest BCUT2D eigenvalue weighted by Gasteiger charge is -2.26. The Hall–Kier alpha value is -2.34. The fourth-order valence-corrected chi connectivity index (χ4v) is 5.47. The molecule has 41 heavy (non-hydrogen) atoms. The van der Waals surface area contributed by atoms with E-state index in [1.807, 2.05) is 0 Å². The SMILES string of the molecule is Cc1c(C(C)C)cc(C(C)C)cc1C(C)C.Cc1cc(C)c(C)c(C)c1.Cc1ccc(C(C)(C)C)cc1C(C)(C)C. The molecule has 0 saturated carbocycles. The van der Waals surface area contributed by atoms with Crippen molar-refractivity contribution >= 4 is 0 Å². The molecule has 3 aromatic rings. The van der Waals surface area contributed by atoms with E-state index in [0.29, 0.717) is 17.8 Å². The molecule has 0 aliphatic carbocycles. The van der Waals surface area contributed by atoms with Gasteiger partial charge in [-0.15, -0.1) is 0 Å². The van der Waals surface area contributed by atoms with Crippen molar-refractivity contribution < 1.29 is 0 Å². The molecule has 3 rings (SSSR count). The number of benzene rings is 3. The number of rotatable bonds is 3. The van der Waals surface area contributed by atoms with Crippen molar-refractivity contribution in [3.05, 3.63) is 104 Å². The van der Waals surface area contributed by atoms with Gasteiger partial charge in [-0.25, -0.2) is 0 Å². The molecule has 0 fully saturated rings. The first-order valence-electron chi connectivity index (χ1n) is 15.9. The van der Waals surface area contributed by atoms with Crippen LogP contribution in [-0.2, 0) is 10.8 Å². The summed E-state index contributed by atoms with van der Waals surface area (Å²) >= 11 is 0. The maximum absolute atomic E-state index is 2.40. The van der Waals surface area contributed by atoms with Gasteiger partial charge in [-0.3, -0.25) is 0 Å². The second-order valence-corrected chi connectivity index (χ2v) is 15.3. The molecule has 0 atom stereocenters. The van der Waals surface area contributed by atoms with E-state index in [-0.39, 0.29) is 10.8 Å². The lowest BCUT2D eigenvalue weighted by molar-refractivity contribution is 0.566. The largest absolute Gasteiger partial charge is 0.0587 e. The molecule has 0 aromatic heterocycles. The molecule has 0 aliphatic rings.